The molecule has 0 atom stereocenters. The van der Waals surface area contributed by atoms with Gasteiger partial charge in [-0.3, -0.25) is 14.7 Å². The van der Waals surface area contributed by atoms with Gasteiger partial charge in [0.05, 0.1) is 17.5 Å². The zero-order valence-corrected chi connectivity index (χ0v) is 18.9. The van der Waals surface area contributed by atoms with Gasteiger partial charge in [-0.25, -0.2) is 4.83 Å². The topological polar surface area (TPSA) is 187 Å². The van der Waals surface area contributed by atoms with Crippen molar-refractivity contribution in [1.82, 2.24) is 14.9 Å². The summed E-state index contributed by atoms with van der Waals surface area (Å²) in [6.45, 7) is 1.80. The molecule has 0 fully saturated rings. The van der Waals surface area contributed by atoms with Gasteiger partial charge in [0.1, 0.15) is 22.5 Å². The second kappa shape index (κ2) is 8.44. The molecule has 4 rings (SSSR count). The number of nitrogens with two attached hydrogens (primary N) is 2. The number of nitrogen functional groups attached to an aromatic ring is 2. The number of nitrogens with zero attached hydrogens (tertiary/aromatic N) is 2. The molecule has 2 aromatic carbocycles. The molecule has 0 saturated carbocycles. The van der Waals surface area contributed by atoms with Crippen LogP contribution in [0.15, 0.2) is 58.2 Å². The molecule has 0 bridgehead atoms. The van der Waals surface area contributed by atoms with E-state index >= 15 is 0 Å². The Kier molecular flexibility index (Phi) is 5.63. The molecular formula is C21H21N7O5S. The summed E-state index contributed by atoms with van der Waals surface area (Å²) in [5, 5.41) is 8.76. The number of aromatic nitrogens is 3. The molecule has 0 radical (unpaired) electrons. The standard InChI is InChI=1S/C21H21N7O5S/c1-11-3-9-14(10-4-11)34(31,32)27-28-19(23)16(17-15(21(28)30)18(22)26-25-17)20(29)24-12-5-7-13(33-2)8-6-12/h3-10,27H,23H2,1-2H3,(H,24,29)(H3,22,25,26). The maximum Gasteiger partial charge on any atom is 0.284 e. The molecule has 0 spiro atoms. The third-order valence-electron chi connectivity index (χ3n) is 5.08. The van der Waals surface area contributed by atoms with Crippen LogP contribution in [0.3, 0.4) is 0 Å². The Bertz CT molecular complexity index is 1560. The number of ether oxygens (including phenoxy) is 1. The van der Waals surface area contributed by atoms with E-state index in [0.29, 0.717) is 16.1 Å². The molecule has 1 amide bonds. The quantitative estimate of drug-likeness (QED) is 0.272. The van der Waals surface area contributed by atoms with Crippen molar-refractivity contribution in [2.45, 2.75) is 11.8 Å². The fourth-order valence-corrected chi connectivity index (χ4v) is 4.31. The van der Waals surface area contributed by atoms with Crippen LogP contribution in [0, 0.1) is 6.92 Å². The van der Waals surface area contributed by atoms with Crippen molar-refractivity contribution in [3.8, 4) is 5.75 Å². The van der Waals surface area contributed by atoms with Gasteiger partial charge in [-0.05, 0) is 43.3 Å². The van der Waals surface area contributed by atoms with Gasteiger partial charge in [0, 0.05) is 5.69 Å². The van der Waals surface area contributed by atoms with Crippen molar-refractivity contribution in [2.75, 3.05) is 28.7 Å². The molecule has 2 heterocycles. The molecule has 7 N–H and O–H groups in total. The monoisotopic (exact) mass is 483 g/mol. The van der Waals surface area contributed by atoms with E-state index in [1.165, 1.54) is 19.2 Å². The summed E-state index contributed by atoms with van der Waals surface area (Å²) >= 11 is 0. The number of hydrogen-bond acceptors (Lipinski definition) is 8. The number of H-pyrrole nitrogens is 1. The van der Waals surface area contributed by atoms with Crippen LogP contribution in [0.5, 0.6) is 5.75 Å². The zero-order valence-electron chi connectivity index (χ0n) is 18.1. The number of pyridine rings is 1. The first-order chi connectivity index (χ1) is 16.1. The van der Waals surface area contributed by atoms with E-state index < -0.39 is 27.3 Å². The van der Waals surface area contributed by atoms with Crippen molar-refractivity contribution in [2.24, 2.45) is 0 Å². The number of aromatic amines is 1. The number of sulfonamides is 1. The Morgan fingerprint density at radius 1 is 1.09 bits per heavy atom. The third kappa shape index (κ3) is 3.99. The number of methoxy groups -OCH3 is 1. The van der Waals surface area contributed by atoms with Crippen LogP contribution >= 0.6 is 0 Å². The number of fused-ring (bicyclic) bond motifs is 1. The normalized spacial score (nSPS) is 11.4. The molecule has 0 aliphatic heterocycles. The smallest absolute Gasteiger partial charge is 0.284 e. The van der Waals surface area contributed by atoms with Gasteiger partial charge in [-0.15, -0.1) is 0 Å². The minimum Gasteiger partial charge on any atom is -0.497 e. The maximum absolute atomic E-state index is 13.1. The van der Waals surface area contributed by atoms with Gasteiger partial charge in [-0.1, -0.05) is 17.7 Å². The highest BCUT2D eigenvalue weighted by Crippen LogP contribution is 2.25. The number of amides is 1. The Hall–Kier alpha value is -4.52. The molecule has 0 unspecified atom stereocenters. The number of hydrogen-bond donors (Lipinski definition) is 5. The fraction of sp³-hybridized carbons (Fsp3) is 0.0952. The van der Waals surface area contributed by atoms with Crippen LogP contribution in [0.4, 0.5) is 17.3 Å². The van der Waals surface area contributed by atoms with Crippen LogP contribution in [0.25, 0.3) is 10.9 Å². The molecule has 34 heavy (non-hydrogen) atoms. The number of benzene rings is 2. The molecule has 2 aromatic heterocycles. The summed E-state index contributed by atoms with van der Waals surface area (Å²) in [5.74, 6) is -0.815. The largest absolute Gasteiger partial charge is 0.497 e. The lowest BCUT2D eigenvalue weighted by atomic mass is 10.1. The number of anilines is 3. The van der Waals surface area contributed by atoms with E-state index in [1.54, 1.807) is 43.3 Å². The van der Waals surface area contributed by atoms with E-state index in [0.717, 1.165) is 5.56 Å². The van der Waals surface area contributed by atoms with Gasteiger partial charge in [0.15, 0.2) is 5.82 Å². The van der Waals surface area contributed by atoms with Crippen LogP contribution in [0.2, 0.25) is 0 Å². The van der Waals surface area contributed by atoms with E-state index in [1.807, 2.05) is 0 Å². The second-order valence-corrected chi connectivity index (χ2v) is 9.01. The van der Waals surface area contributed by atoms with Gasteiger partial charge < -0.3 is 21.5 Å². The molecule has 12 nitrogen and oxygen atoms in total. The van der Waals surface area contributed by atoms with Crippen LogP contribution < -0.4 is 31.9 Å². The number of rotatable bonds is 6. The Labute approximate surface area is 193 Å². The van der Waals surface area contributed by atoms with E-state index in [9.17, 15) is 18.0 Å². The second-order valence-electron chi connectivity index (χ2n) is 7.35. The van der Waals surface area contributed by atoms with Crippen molar-refractivity contribution in [3.05, 3.63) is 70.0 Å². The maximum atomic E-state index is 13.1. The minimum atomic E-state index is -4.23. The molecule has 13 heteroatoms. The Morgan fingerprint density at radius 2 is 1.74 bits per heavy atom. The number of nitrogens with one attached hydrogen (secondary N) is 3. The van der Waals surface area contributed by atoms with Crippen LogP contribution in [-0.2, 0) is 10.0 Å². The van der Waals surface area contributed by atoms with Gasteiger partial charge in [0.25, 0.3) is 21.5 Å². The molecular weight excluding hydrogens is 462 g/mol. The fourth-order valence-electron chi connectivity index (χ4n) is 3.29. The lowest BCUT2D eigenvalue weighted by Gasteiger charge is -2.16. The highest BCUT2D eigenvalue weighted by atomic mass is 32.2. The van der Waals surface area contributed by atoms with Gasteiger partial charge in [-0.2, -0.15) is 18.2 Å². The summed E-state index contributed by atoms with van der Waals surface area (Å²) in [4.78, 5) is 28.2. The lowest BCUT2D eigenvalue weighted by molar-refractivity contribution is 0.102. The Morgan fingerprint density at radius 3 is 2.35 bits per heavy atom. The summed E-state index contributed by atoms with van der Waals surface area (Å²) in [7, 11) is -2.72. The number of carbonyl (C=O) groups excluding carboxylic acids is 1. The summed E-state index contributed by atoms with van der Waals surface area (Å²) in [6, 6.07) is 12.4. The van der Waals surface area contributed by atoms with E-state index in [-0.39, 0.29) is 27.2 Å². The third-order valence-corrected chi connectivity index (χ3v) is 6.39. The first kappa shape index (κ1) is 22.7. The lowest BCUT2D eigenvalue weighted by Crippen LogP contribution is -2.36. The molecule has 4 aromatic rings. The van der Waals surface area contributed by atoms with Crippen molar-refractivity contribution < 1.29 is 17.9 Å². The average Bonchev–Trinajstić information content (AvgIpc) is 3.18. The number of aryl methyl sites for hydroxylation is 1. The SMILES string of the molecule is COc1ccc(NC(=O)c2c(N)n(NS(=O)(=O)c3ccc(C)cc3)c(=O)c3c(N)n[nH]c23)cc1. The summed E-state index contributed by atoms with van der Waals surface area (Å²) in [5.41, 5.74) is 12.1. The first-order valence-electron chi connectivity index (χ1n) is 9.85. The average molecular weight is 484 g/mol. The zero-order chi connectivity index (χ0) is 24.6. The van der Waals surface area contributed by atoms with Gasteiger partial charge in [0.2, 0.25) is 0 Å². The highest BCUT2D eigenvalue weighted by molar-refractivity contribution is 7.92. The van der Waals surface area contributed by atoms with E-state index in [4.69, 9.17) is 16.2 Å². The van der Waals surface area contributed by atoms with Crippen molar-refractivity contribution in [1.29, 1.82) is 0 Å². The van der Waals surface area contributed by atoms with E-state index in [2.05, 4.69) is 20.3 Å². The van der Waals surface area contributed by atoms with Crippen molar-refractivity contribution in [3.63, 3.8) is 0 Å². The summed E-state index contributed by atoms with van der Waals surface area (Å²) in [6.07, 6.45) is 0. The van der Waals surface area contributed by atoms with Crippen molar-refractivity contribution >= 4 is 44.2 Å². The van der Waals surface area contributed by atoms with Crippen LogP contribution in [0.1, 0.15) is 15.9 Å². The highest BCUT2D eigenvalue weighted by Gasteiger charge is 2.26. The Balaban J connectivity index is 1.82. The molecule has 0 saturated heterocycles. The predicted octanol–water partition coefficient (Wildman–Crippen LogP) is 1.39. The van der Waals surface area contributed by atoms with Crippen LogP contribution in [-0.4, -0.2) is 36.3 Å². The summed E-state index contributed by atoms with van der Waals surface area (Å²) < 4.78 is 31.5. The molecule has 0 aliphatic carbocycles. The molecule has 0 aliphatic rings. The number of carbonyl (C=O) groups is 1. The molecule has 176 valence electrons. The predicted molar refractivity (Wildman–Crippen MR) is 128 cm³/mol. The van der Waals surface area contributed by atoms with Gasteiger partial charge >= 0.3 is 0 Å². The first-order valence-corrected chi connectivity index (χ1v) is 11.3. The minimum absolute atomic E-state index is 0.0307.